The maximum atomic E-state index is 5.46. The third-order valence-corrected chi connectivity index (χ3v) is 4.23. The lowest BCUT2D eigenvalue weighted by atomic mass is 10.1. The van der Waals surface area contributed by atoms with Crippen LogP contribution in [-0.4, -0.2) is 31.6 Å². The third-order valence-electron chi connectivity index (χ3n) is 4.23. The van der Waals surface area contributed by atoms with E-state index in [9.17, 15) is 0 Å². The molecule has 118 valence electrons. The first-order chi connectivity index (χ1) is 11.3. The van der Waals surface area contributed by atoms with Crippen LogP contribution in [0.25, 0.3) is 5.69 Å². The fourth-order valence-electron chi connectivity index (χ4n) is 3.14. The molecule has 2 aromatic heterocycles. The Morgan fingerprint density at radius 3 is 2.91 bits per heavy atom. The highest BCUT2D eigenvalue weighted by Gasteiger charge is 2.29. The van der Waals surface area contributed by atoms with E-state index in [1.54, 1.807) is 4.80 Å². The number of rotatable bonds is 4. The van der Waals surface area contributed by atoms with E-state index in [2.05, 4.69) is 20.3 Å². The zero-order valence-corrected chi connectivity index (χ0v) is 13.1. The molecule has 3 heterocycles. The van der Waals surface area contributed by atoms with Crippen molar-refractivity contribution in [2.45, 2.75) is 32.4 Å². The lowest BCUT2D eigenvalue weighted by Gasteiger charge is -2.20. The number of aryl methyl sites for hydroxylation is 1. The molecule has 3 aromatic rings. The number of benzene rings is 1. The molecule has 1 atom stereocenters. The average Bonchev–Trinajstić information content (AvgIpc) is 3.29. The van der Waals surface area contributed by atoms with Gasteiger partial charge in [0, 0.05) is 12.6 Å². The van der Waals surface area contributed by atoms with Crippen LogP contribution in [0.15, 0.2) is 47.1 Å². The lowest BCUT2D eigenvalue weighted by molar-refractivity contribution is 0.204. The van der Waals surface area contributed by atoms with E-state index in [-0.39, 0.29) is 6.04 Å². The molecule has 1 aliphatic rings. The number of nitrogens with zero attached hydrogens (tertiary/aromatic N) is 5. The van der Waals surface area contributed by atoms with Crippen LogP contribution >= 0.6 is 0 Å². The maximum Gasteiger partial charge on any atom is 0.154 e. The minimum absolute atomic E-state index is 0.290. The Labute approximate surface area is 134 Å². The highest BCUT2D eigenvalue weighted by atomic mass is 16.5. The summed E-state index contributed by atoms with van der Waals surface area (Å²) in [7, 11) is 0. The summed E-state index contributed by atoms with van der Waals surface area (Å²) in [5, 5.41) is 13.0. The maximum absolute atomic E-state index is 5.46. The summed E-state index contributed by atoms with van der Waals surface area (Å²) >= 11 is 0. The highest BCUT2D eigenvalue weighted by molar-refractivity contribution is 5.28. The number of para-hydroxylation sites is 1. The summed E-state index contributed by atoms with van der Waals surface area (Å²) in [5.74, 6) is 0.954. The second kappa shape index (κ2) is 5.96. The van der Waals surface area contributed by atoms with Crippen molar-refractivity contribution in [2.75, 3.05) is 6.54 Å². The van der Waals surface area contributed by atoms with E-state index in [1.807, 2.05) is 49.5 Å². The van der Waals surface area contributed by atoms with Crippen molar-refractivity contribution in [3.8, 4) is 5.69 Å². The van der Waals surface area contributed by atoms with Crippen molar-refractivity contribution < 1.29 is 4.52 Å². The molecular formula is C17H19N5O. The number of hydrogen-bond donors (Lipinski definition) is 0. The van der Waals surface area contributed by atoms with E-state index in [0.717, 1.165) is 48.8 Å². The molecule has 0 bridgehead atoms. The summed E-state index contributed by atoms with van der Waals surface area (Å²) in [6.45, 7) is 3.78. The monoisotopic (exact) mass is 309 g/mol. The molecule has 1 unspecified atom stereocenters. The van der Waals surface area contributed by atoms with Gasteiger partial charge in [0.15, 0.2) is 5.76 Å². The smallest absolute Gasteiger partial charge is 0.154 e. The molecule has 0 radical (unpaired) electrons. The second-order valence-electron chi connectivity index (χ2n) is 5.96. The Bertz CT molecular complexity index is 779. The van der Waals surface area contributed by atoms with Gasteiger partial charge in [-0.3, -0.25) is 4.90 Å². The second-order valence-corrected chi connectivity index (χ2v) is 5.96. The molecule has 0 saturated carbocycles. The predicted molar refractivity (Wildman–Crippen MR) is 85.0 cm³/mol. The van der Waals surface area contributed by atoms with Gasteiger partial charge >= 0.3 is 0 Å². The van der Waals surface area contributed by atoms with E-state index in [4.69, 9.17) is 4.52 Å². The van der Waals surface area contributed by atoms with Crippen molar-refractivity contribution >= 4 is 0 Å². The van der Waals surface area contributed by atoms with Gasteiger partial charge in [0.05, 0.1) is 29.3 Å². The summed E-state index contributed by atoms with van der Waals surface area (Å²) in [6, 6.07) is 12.3. The van der Waals surface area contributed by atoms with E-state index in [1.165, 1.54) is 0 Å². The molecule has 1 fully saturated rings. The van der Waals surface area contributed by atoms with E-state index in [0.29, 0.717) is 0 Å². The molecule has 6 nitrogen and oxygen atoms in total. The van der Waals surface area contributed by atoms with Crippen molar-refractivity contribution in [1.82, 2.24) is 25.1 Å². The third kappa shape index (κ3) is 2.90. The van der Waals surface area contributed by atoms with Crippen LogP contribution in [-0.2, 0) is 6.54 Å². The van der Waals surface area contributed by atoms with Crippen LogP contribution in [0.2, 0.25) is 0 Å². The fourth-order valence-corrected chi connectivity index (χ4v) is 3.14. The van der Waals surface area contributed by atoms with Crippen LogP contribution in [0.1, 0.15) is 36.0 Å². The Morgan fingerprint density at radius 1 is 1.26 bits per heavy atom. The highest BCUT2D eigenvalue weighted by Crippen LogP contribution is 2.33. The fraction of sp³-hybridized carbons (Fsp3) is 0.353. The Balaban J connectivity index is 1.50. The van der Waals surface area contributed by atoms with Gasteiger partial charge in [-0.15, -0.1) is 0 Å². The van der Waals surface area contributed by atoms with Gasteiger partial charge in [-0.05, 0) is 38.4 Å². The first-order valence-electron chi connectivity index (χ1n) is 7.93. The van der Waals surface area contributed by atoms with Gasteiger partial charge in [-0.1, -0.05) is 23.4 Å². The largest absolute Gasteiger partial charge is 0.359 e. The first kappa shape index (κ1) is 14.1. The predicted octanol–water partition coefficient (Wildman–Crippen LogP) is 2.90. The van der Waals surface area contributed by atoms with Gasteiger partial charge in [-0.2, -0.15) is 15.0 Å². The van der Waals surface area contributed by atoms with Crippen molar-refractivity contribution in [1.29, 1.82) is 0 Å². The van der Waals surface area contributed by atoms with Crippen LogP contribution in [0.5, 0.6) is 0 Å². The molecule has 1 saturated heterocycles. The molecule has 23 heavy (non-hydrogen) atoms. The molecule has 6 heteroatoms. The van der Waals surface area contributed by atoms with Crippen LogP contribution in [0.4, 0.5) is 0 Å². The van der Waals surface area contributed by atoms with Gasteiger partial charge in [0.2, 0.25) is 0 Å². The summed E-state index contributed by atoms with van der Waals surface area (Å²) in [6.07, 6.45) is 4.10. The number of aromatic nitrogens is 4. The average molecular weight is 309 g/mol. The van der Waals surface area contributed by atoms with Crippen LogP contribution in [0, 0.1) is 6.92 Å². The minimum atomic E-state index is 0.290. The van der Waals surface area contributed by atoms with Gasteiger partial charge in [0.1, 0.15) is 0 Å². The molecular weight excluding hydrogens is 290 g/mol. The first-order valence-corrected chi connectivity index (χ1v) is 7.93. The molecule has 1 aliphatic heterocycles. The lowest BCUT2D eigenvalue weighted by Crippen LogP contribution is -2.22. The zero-order chi connectivity index (χ0) is 15.6. The molecule has 0 spiro atoms. The van der Waals surface area contributed by atoms with E-state index < -0.39 is 0 Å². The summed E-state index contributed by atoms with van der Waals surface area (Å²) in [5.41, 5.74) is 2.88. The van der Waals surface area contributed by atoms with Gasteiger partial charge in [0.25, 0.3) is 0 Å². The minimum Gasteiger partial charge on any atom is -0.359 e. The summed E-state index contributed by atoms with van der Waals surface area (Å²) in [4.78, 5) is 4.07. The van der Waals surface area contributed by atoms with Crippen LogP contribution < -0.4 is 0 Å². The van der Waals surface area contributed by atoms with Crippen molar-refractivity contribution in [3.63, 3.8) is 0 Å². The number of hydrogen-bond acceptors (Lipinski definition) is 5. The number of likely N-dealkylation sites (tertiary alicyclic amines) is 1. The summed E-state index contributed by atoms with van der Waals surface area (Å²) < 4.78 is 5.46. The molecule has 1 aromatic carbocycles. The normalized spacial score (nSPS) is 18.6. The van der Waals surface area contributed by atoms with Crippen molar-refractivity contribution in [3.05, 3.63) is 59.7 Å². The Hall–Kier alpha value is -2.47. The van der Waals surface area contributed by atoms with Crippen molar-refractivity contribution in [2.24, 2.45) is 0 Å². The van der Waals surface area contributed by atoms with Crippen LogP contribution in [0.3, 0.4) is 0 Å². The zero-order valence-electron chi connectivity index (χ0n) is 13.1. The molecule has 0 amide bonds. The molecule has 0 aliphatic carbocycles. The SMILES string of the molecule is Cc1cc(C2CCCN2Cc2cnn(-c3ccccc3)n2)on1. The topological polar surface area (TPSA) is 60.0 Å². The molecule has 0 N–H and O–H groups in total. The van der Waals surface area contributed by atoms with Gasteiger partial charge < -0.3 is 4.52 Å². The standard InChI is InChI=1S/C17H19N5O/c1-13-10-17(23-20-13)16-8-5-9-21(16)12-14-11-18-22(19-14)15-6-3-2-4-7-15/h2-4,6-7,10-11,16H,5,8-9,12H2,1H3. The Kier molecular flexibility index (Phi) is 3.67. The molecule has 4 rings (SSSR count). The van der Waals surface area contributed by atoms with E-state index >= 15 is 0 Å². The Morgan fingerprint density at radius 2 is 2.13 bits per heavy atom. The quantitative estimate of drug-likeness (QED) is 0.741. The van der Waals surface area contributed by atoms with Gasteiger partial charge in [-0.25, -0.2) is 0 Å².